The van der Waals surface area contributed by atoms with Crippen molar-refractivity contribution in [1.82, 2.24) is 11.0 Å². The highest BCUT2D eigenvalue weighted by atomic mass is 17.3. The minimum Gasteiger partial charge on any atom is -0.478 e. The first-order chi connectivity index (χ1) is 12.4. The second-order valence-corrected chi connectivity index (χ2v) is 4.73. The lowest BCUT2D eigenvalue weighted by molar-refractivity contribution is -0.352. The van der Waals surface area contributed by atoms with Crippen molar-refractivity contribution in [3.05, 3.63) is 70.8 Å². The number of benzene rings is 2. The monoisotopic (exact) mass is 360 g/mol. The third-order valence-corrected chi connectivity index (χ3v) is 3.11. The van der Waals surface area contributed by atoms with Crippen LogP contribution in [0.15, 0.2) is 48.5 Å². The fraction of sp³-hybridized carbons (Fsp3) is 0. The number of amides is 2. The summed E-state index contributed by atoms with van der Waals surface area (Å²) in [5, 5.41) is 18.0. The summed E-state index contributed by atoms with van der Waals surface area (Å²) in [6, 6.07) is 10.7. The average Bonchev–Trinajstić information content (AvgIpc) is 2.64. The summed E-state index contributed by atoms with van der Waals surface area (Å²) in [4.78, 5) is 54.4. The Morgan fingerprint density at radius 1 is 0.615 bits per heavy atom. The maximum atomic E-state index is 11.9. The van der Waals surface area contributed by atoms with E-state index in [4.69, 9.17) is 10.2 Å². The summed E-state index contributed by atoms with van der Waals surface area (Å²) < 4.78 is 0. The van der Waals surface area contributed by atoms with Gasteiger partial charge in [-0.15, -0.1) is 0 Å². The van der Waals surface area contributed by atoms with E-state index in [1.807, 2.05) is 0 Å². The summed E-state index contributed by atoms with van der Waals surface area (Å²) in [6.07, 6.45) is 0. The molecule has 0 aliphatic rings. The largest absolute Gasteiger partial charge is 0.478 e. The van der Waals surface area contributed by atoms with Crippen LogP contribution in [0, 0.1) is 0 Å². The van der Waals surface area contributed by atoms with E-state index in [2.05, 4.69) is 9.98 Å². The molecular formula is C16H12N2O8. The zero-order valence-electron chi connectivity index (χ0n) is 13.0. The van der Waals surface area contributed by atoms with E-state index in [0.717, 1.165) is 0 Å². The van der Waals surface area contributed by atoms with E-state index in [1.165, 1.54) is 48.5 Å². The number of hydrogen-bond acceptors (Lipinski definition) is 6. The fourth-order valence-corrected chi connectivity index (χ4v) is 1.96. The Morgan fingerprint density at radius 3 is 1.23 bits per heavy atom. The van der Waals surface area contributed by atoms with Crippen LogP contribution in [0.4, 0.5) is 0 Å². The maximum Gasteiger partial charge on any atom is 0.336 e. The number of rotatable bonds is 7. The van der Waals surface area contributed by atoms with Gasteiger partial charge in [-0.3, -0.25) is 9.59 Å². The summed E-state index contributed by atoms with van der Waals surface area (Å²) in [6.45, 7) is 0. The molecule has 0 unspecified atom stereocenters. The molecule has 2 amide bonds. The molecule has 0 aliphatic heterocycles. The summed E-state index contributed by atoms with van der Waals surface area (Å²) in [5.41, 5.74) is 2.68. The molecule has 2 aromatic rings. The first kappa shape index (κ1) is 18.6. The highest BCUT2D eigenvalue weighted by molar-refractivity contribution is 6.05. The fourth-order valence-electron chi connectivity index (χ4n) is 1.96. The number of carboxylic acid groups (broad SMARTS) is 2. The molecule has 10 heteroatoms. The lowest BCUT2D eigenvalue weighted by Crippen LogP contribution is -2.32. The van der Waals surface area contributed by atoms with Crippen molar-refractivity contribution in [2.75, 3.05) is 0 Å². The molecule has 0 aliphatic carbocycles. The molecular weight excluding hydrogens is 348 g/mol. The number of carboxylic acids is 2. The van der Waals surface area contributed by atoms with Gasteiger partial charge in [0.25, 0.3) is 11.8 Å². The normalized spacial score (nSPS) is 10.0. The zero-order chi connectivity index (χ0) is 19.1. The lowest BCUT2D eigenvalue weighted by Gasteiger charge is -2.08. The summed E-state index contributed by atoms with van der Waals surface area (Å²) >= 11 is 0. The van der Waals surface area contributed by atoms with E-state index in [-0.39, 0.29) is 22.3 Å². The van der Waals surface area contributed by atoms with Crippen LogP contribution >= 0.6 is 0 Å². The first-order valence-electron chi connectivity index (χ1n) is 6.99. The van der Waals surface area contributed by atoms with E-state index in [1.54, 1.807) is 11.0 Å². The molecule has 0 heterocycles. The van der Waals surface area contributed by atoms with Crippen molar-refractivity contribution in [3.8, 4) is 0 Å². The van der Waals surface area contributed by atoms with Gasteiger partial charge in [0.15, 0.2) is 0 Å². The van der Waals surface area contributed by atoms with Crippen molar-refractivity contribution in [2.24, 2.45) is 0 Å². The molecule has 10 nitrogen and oxygen atoms in total. The van der Waals surface area contributed by atoms with Crippen LogP contribution in [0.3, 0.4) is 0 Å². The number of carbonyl (C=O) groups is 4. The van der Waals surface area contributed by atoms with E-state index >= 15 is 0 Å². The number of hydrogen-bond donors (Lipinski definition) is 4. The zero-order valence-corrected chi connectivity index (χ0v) is 13.0. The average molecular weight is 360 g/mol. The standard InChI is InChI=1S/C16H12N2O8/c19-13(9-5-1-3-7-11(9)15(21)22)17-25-26-18-14(20)10-6-2-4-8-12(10)16(23)24/h1-8H,(H,17,19)(H,18,20)(H,21,22)(H,23,24). The molecule has 2 aromatic carbocycles. The Labute approximate surface area is 145 Å². The van der Waals surface area contributed by atoms with Crippen molar-refractivity contribution in [1.29, 1.82) is 0 Å². The molecule has 4 N–H and O–H groups in total. The number of aromatic carboxylic acids is 2. The van der Waals surface area contributed by atoms with Gasteiger partial charge in [-0.05, 0) is 24.3 Å². The Kier molecular flexibility index (Phi) is 5.98. The second kappa shape index (κ2) is 8.37. The van der Waals surface area contributed by atoms with Crippen molar-refractivity contribution in [3.63, 3.8) is 0 Å². The van der Waals surface area contributed by atoms with Gasteiger partial charge in [0, 0.05) is 0 Å². The Balaban J connectivity index is 1.91. The van der Waals surface area contributed by atoms with Crippen molar-refractivity contribution in [2.45, 2.75) is 0 Å². The summed E-state index contributed by atoms with van der Waals surface area (Å²) in [5.74, 6) is -4.48. The van der Waals surface area contributed by atoms with Crippen LogP contribution in [0.2, 0.25) is 0 Å². The highest BCUT2D eigenvalue weighted by Gasteiger charge is 2.18. The first-order valence-corrected chi connectivity index (χ1v) is 6.99. The van der Waals surface area contributed by atoms with Gasteiger partial charge in [0.2, 0.25) is 0 Å². The molecule has 26 heavy (non-hydrogen) atoms. The molecule has 0 radical (unpaired) electrons. The SMILES string of the molecule is O=C(O)c1ccccc1C(=O)NOONC(=O)c1ccccc1C(=O)O. The van der Waals surface area contributed by atoms with Gasteiger partial charge in [0.05, 0.1) is 22.3 Å². The van der Waals surface area contributed by atoms with Gasteiger partial charge in [-0.25, -0.2) is 9.59 Å². The van der Waals surface area contributed by atoms with Gasteiger partial charge in [-0.2, -0.15) is 11.0 Å². The molecule has 0 spiro atoms. The molecule has 134 valence electrons. The van der Waals surface area contributed by atoms with Crippen LogP contribution in [0.25, 0.3) is 0 Å². The number of nitrogens with one attached hydrogen (secondary N) is 2. The van der Waals surface area contributed by atoms with E-state index in [0.29, 0.717) is 0 Å². The molecule has 0 saturated carbocycles. The van der Waals surface area contributed by atoms with Crippen LogP contribution in [0.5, 0.6) is 0 Å². The number of carbonyl (C=O) groups excluding carboxylic acids is 2. The smallest absolute Gasteiger partial charge is 0.336 e. The van der Waals surface area contributed by atoms with Gasteiger partial charge < -0.3 is 10.2 Å². The van der Waals surface area contributed by atoms with Gasteiger partial charge >= 0.3 is 11.9 Å². The lowest BCUT2D eigenvalue weighted by atomic mass is 10.1. The topological polar surface area (TPSA) is 151 Å². The minimum absolute atomic E-state index is 0.189. The molecule has 0 atom stereocenters. The van der Waals surface area contributed by atoms with Crippen LogP contribution in [-0.2, 0) is 9.98 Å². The third kappa shape index (κ3) is 4.41. The van der Waals surface area contributed by atoms with Crippen LogP contribution in [-0.4, -0.2) is 34.0 Å². The van der Waals surface area contributed by atoms with Crippen LogP contribution in [0.1, 0.15) is 41.4 Å². The van der Waals surface area contributed by atoms with Crippen molar-refractivity contribution < 1.29 is 39.4 Å². The second-order valence-electron chi connectivity index (χ2n) is 4.73. The molecule has 0 fully saturated rings. The predicted molar refractivity (Wildman–Crippen MR) is 83.9 cm³/mol. The number of hydroxylamine groups is 2. The van der Waals surface area contributed by atoms with Gasteiger partial charge in [-0.1, -0.05) is 34.2 Å². The molecule has 2 rings (SSSR count). The molecule has 0 aromatic heterocycles. The van der Waals surface area contributed by atoms with Gasteiger partial charge in [0.1, 0.15) is 0 Å². The van der Waals surface area contributed by atoms with Crippen molar-refractivity contribution >= 4 is 23.8 Å². The molecule has 0 bridgehead atoms. The van der Waals surface area contributed by atoms with E-state index < -0.39 is 23.8 Å². The minimum atomic E-state index is -1.31. The van der Waals surface area contributed by atoms with E-state index in [9.17, 15) is 19.2 Å². The van der Waals surface area contributed by atoms with Crippen LogP contribution < -0.4 is 11.0 Å². The Morgan fingerprint density at radius 2 is 0.923 bits per heavy atom. The Hall–Kier alpha value is -3.76. The third-order valence-electron chi connectivity index (χ3n) is 3.11. The predicted octanol–water partition coefficient (Wildman–Crippen LogP) is 1.02. The quantitative estimate of drug-likeness (QED) is 0.324. The molecule has 0 saturated heterocycles. The highest BCUT2D eigenvalue weighted by Crippen LogP contribution is 2.09. The Bertz CT molecular complexity index is 793. The summed E-state index contributed by atoms with van der Waals surface area (Å²) in [7, 11) is 0. The maximum absolute atomic E-state index is 11.9.